The lowest BCUT2D eigenvalue weighted by atomic mass is 9.84. The molecule has 0 amide bonds. The third-order valence-corrected chi connectivity index (χ3v) is 4.25. The van der Waals surface area contributed by atoms with Crippen molar-refractivity contribution in [2.45, 2.75) is 37.9 Å². The molecule has 0 radical (unpaired) electrons. The van der Waals surface area contributed by atoms with E-state index >= 15 is 0 Å². The maximum Gasteiger partial charge on any atom is 0.180 e. The molecule has 2 rings (SSSR count). The van der Waals surface area contributed by atoms with Crippen LogP contribution in [0.5, 0.6) is 0 Å². The summed E-state index contributed by atoms with van der Waals surface area (Å²) in [4.78, 5) is 0. The molecule has 2 fully saturated rings. The zero-order valence-electron chi connectivity index (χ0n) is 7.93. The highest BCUT2D eigenvalue weighted by Crippen LogP contribution is 2.39. The second-order valence-electron chi connectivity index (χ2n) is 3.98. The molecule has 1 aliphatic heterocycles. The van der Waals surface area contributed by atoms with Crippen LogP contribution in [0.25, 0.3) is 0 Å². The second kappa shape index (κ2) is 4.45. The average Bonchev–Trinajstić information content (AvgIpc) is 2.69. The standard InChI is InChI=1S/C10H17IO2/c11-8-10(12-6-7-13-10)9-4-2-1-3-5-9/h9H,1-8H2. The van der Waals surface area contributed by atoms with Crippen molar-refractivity contribution in [3.63, 3.8) is 0 Å². The van der Waals surface area contributed by atoms with Gasteiger partial charge in [0.1, 0.15) is 0 Å². The van der Waals surface area contributed by atoms with Gasteiger partial charge in [-0.2, -0.15) is 0 Å². The van der Waals surface area contributed by atoms with Crippen LogP contribution in [-0.2, 0) is 9.47 Å². The Kier molecular flexibility index (Phi) is 3.48. The molecular formula is C10H17IO2. The Bertz CT molecular complexity index is 160. The Morgan fingerprint density at radius 3 is 2.23 bits per heavy atom. The van der Waals surface area contributed by atoms with E-state index in [0.29, 0.717) is 5.92 Å². The van der Waals surface area contributed by atoms with Gasteiger partial charge in [0.2, 0.25) is 0 Å². The van der Waals surface area contributed by atoms with Crippen molar-refractivity contribution in [1.82, 2.24) is 0 Å². The van der Waals surface area contributed by atoms with Gasteiger partial charge in [-0.3, -0.25) is 0 Å². The van der Waals surface area contributed by atoms with Crippen LogP contribution in [0.1, 0.15) is 32.1 Å². The quantitative estimate of drug-likeness (QED) is 0.576. The first-order chi connectivity index (χ1) is 6.37. The molecule has 1 saturated heterocycles. The fraction of sp³-hybridized carbons (Fsp3) is 1.00. The van der Waals surface area contributed by atoms with Gasteiger partial charge in [0.05, 0.1) is 17.6 Å². The number of rotatable bonds is 2. The lowest BCUT2D eigenvalue weighted by Gasteiger charge is -2.36. The Morgan fingerprint density at radius 2 is 1.69 bits per heavy atom. The third-order valence-electron chi connectivity index (χ3n) is 3.19. The molecule has 0 aromatic rings. The molecule has 1 aliphatic carbocycles. The summed E-state index contributed by atoms with van der Waals surface area (Å²) >= 11 is 2.39. The van der Waals surface area contributed by atoms with E-state index in [2.05, 4.69) is 22.6 Å². The zero-order chi connectivity index (χ0) is 9.15. The van der Waals surface area contributed by atoms with Crippen molar-refractivity contribution in [1.29, 1.82) is 0 Å². The summed E-state index contributed by atoms with van der Waals surface area (Å²) in [7, 11) is 0. The van der Waals surface area contributed by atoms with Crippen molar-refractivity contribution >= 4 is 22.6 Å². The Morgan fingerprint density at radius 1 is 1.08 bits per heavy atom. The van der Waals surface area contributed by atoms with E-state index in [1.165, 1.54) is 32.1 Å². The molecule has 76 valence electrons. The second-order valence-corrected chi connectivity index (χ2v) is 4.74. The molecule has 2 aliphatic rings. The minimum Gasteiger partial charge on any atom is -0.346 e. The topological polar surface area (TPSA) is 18.5 Å². The van der Waals surface area contributed by atoms with Gasteiger partial charge >= 0.3 is 0 Å². The molecule has 1 saturated carbocycles. The lowest BCUT2D eigenvalue weighted by molar-refractivity contribution is -0.181. The molecule has 3 heteroatoms. The summed E-state index contributed by atoms with van der Waals surface area (Å²) in [5.41, 5.74) is 0. The third kappa shape index (κ3) is 2.02. The summed E-state index contributed by atoms with van der Waals surface area (Å²) in [5.74, 6) is 0.446. The largest absolute Gasteiger partial charge is 0.346 e. The number of hydrogen-bond donors (Lipinski definition) is 0. The maximum atomic E-state index is 5.80. The van der Waals surface area contributed by atoms with Gasteiger partial charge in [0.25, 0.3) is 0 Å². The van der Waals surface area contributed by atoms with Crippen molar-refractivity contribution in [3.05, 3.63) is 0 Å². The molecule has 0 aromatic carbocycles. The summed E-state index contributed by atoms with van der Waals surface area (Å²) in [6.45, 7) is 1.58. The van der Waals surface area contributed by atoms with Crippen molar-refractivity contribution < 1.29 is 9.47 Å². The maximum absolute atomic E-state index is 5.80. The number of alkyl halides is 1. The first-order valence-corrected chi connectivity index (χ1v) is 6.74. The van der Waals surface area contributed by atoms with Crippen LogP contribution < -0.4 is 0 Å². The van der Waals surface area contributed by atoms with Crippen LogP contribution in [0.4, 0.5) is 0 Å². The zero-order valence-corrected chi connectivity index (χ0v) is 10.1. The van der Waals surface area contributed by atoms with Gasteiger partial charge in [-0.25, -0.2) is 0 Å². The molecule has 1 heterocycles. The van der Waals surface area contributed by atoms with Crippen LogP contribution in [0, 0.1) is 5.92 Å². The number of hydrogen-bond acceptors (Lipinski definition) is 2. The van der Waals surface area contributed by atoms with E-state index in [1.807, 2.05) is 0 Å². The van der Waals surface area contributed by atoms with Crippen molar-refractivity contribution in [2.75, 3.05) is 17.6 Å². The fourth-order valence-corrected chi connectivity index (χ4v) is 3.50. The van der Waals surface area contributed by atoms with Crippen molar-refractivity contribution in [2.24, 2.45) is 5.92 Å². The molecule has 0 unspecified atom stereocenters. The van der Waals surface area contributed by atoms with Gasteiger partial charge in [-0.05, 0) is 12.8 Å². The van der Waals surface area contributed by atoms with Gasteiger partial charge in [-0.15, -0.1) is 0 Å². The molecule has 0 aromatic heterocycles. The average molecular weight is 296 g/mol. The predicted octanol–water partition coefficient (Wildman–Crippen LogP) is 2.74. The molecule has 13 heavy (non-hydrogen) atoms. The molecule has 0 N–H and O–H groups in total. The van der Waals surface area contributed by atoms with Crippen LogP contribution in [0.2, 0.25) is 0 Å². The Hall–Kier alpha value is 0.650. The van der Waals surface area contributed by atoms with Gasteiger partial charge in [0.15, 0.2) is 5.79 Å². The van der Waals surface area contributed by atoms with Gasteiger partial charge in [0, 0.05) is 5.92 Å². The van der Waals surface area contributed by atoms with Crippen LogP contribution >= 0.6 is 22.6 Å². The van der Waals surface area contributed by atoms with E-state index in [9.17, 15) is 0 Å². The molecule has 2 nitrogen and oxygen atoms in total. The smallest absolute Gasteiger partial charge is 0.180 e. The molecular weight excluding hydrogens is 279 g/mol. The molecule has 0 atom stereocenters. The summed E-state index contributed by atoms with van der Waals surface area (Å²) in [6.07, 6.45) is 6.70. The Labute approximate surface area is 93.5 Å². The molecule has 0 bridgehead atoms. The first kappa shape index (κ1) is 10.2. The Balaban J connectivity index is 2.01. The van der Waals surface area contributed by atoms with E-state index in [1.54, 1.807) is 0 Å². The minimum absolute atomic E-state index is 0.207. The monoisotopic (exact) mass is 296 g/mol. The van der Waals surface area contributed by atoms with Crippen LogP contribution in [0.3, 0.4) is 0 Å². The highest BCUT2D eigenvalue weighted by atomic mass is 127. The van der Waals surface area contributed by atoms with Gasteiger partial charge in [-0.1, -0.05) is 41.9 Å². The van der Waals surface area contributed by atoms with Crippen LogP contribution in [-0.4, -0.2) is 23.4 Å². The van der Waals surface area contributed by atoms with E-state index in [-0.39, 0.29) is 5.79 Å². The van der Waals surface area contributed by atoms with E-state index in [0.717, 1.165) is 17.6 Å². The van der Waals surface area contributed by atoms with E-state index in [4.69, 9.17) is 9.47 Å². The van der Waals surface area contributed by atoms with E-state index < -0.39 is 0 Å². The van der Waals surface area contributed by atoms with Gasteiger partial charge < -0.3 is 9.47 Å². The highest BCUT2D eigenvalue weighted by molar-refractivity contribution is 14.1. The number of halogens is 1. The normalized spacial score (nSPS) is 29.3. The summed E-state index contributed by atoms with van der Waals surface area (Å²) in [6, 6.07) is 0. The number of ether oxygens (including phenoxy) is 2. The van der Waals surface area contributed by atoms with Crippen molar-refractivity contribution in [3.8, 4) is 0 Å². The minimum atomic E-state index is -0.207. The summed E-state index contributed by atoms with van der Waals surface area (Å²) < 4.78 is 12.6. The lowest BCUT2D eigenvalue weighted by Crippen LogP contribution is -2.42. The predicted molar refractivity (Wildman–Crippen MR) is 60.1 cm³/mol. The fourth-order valence-electron chi connectivity index (χ4n) is 2.43. The SMILES string of the molecule is ICC1(C2CCCCC2)OCCO1. The summed E-state index contributed by atoms with van der Waals surface area (Å²) in [5, 5.41) is 0. The van der Waals surface area contributed by atoms with Crippen LogP contribution in [0.15, 0.2) is 0 Å². The molecule has 0 spiro atoms. The highest BCUT2D eigenvalue weighted by Gasteiger charge is 2.43. The first-order valence-electron chi connectivity index (χ1n) is 5.21.